The second-order valence-corrected chi connectivity index (χ2v) is 8.52. The number of amides is 3. The molecule has 4 N–H and O–H groups in total. The maximum absolute atomic E-state index is 12.6. The molecule has 3 amide bonds. The summed E-state index contributed by atoms with van der Waals surface area (Å²) in [5.41, 5.74) is 9.35. The maximum atomic E-state index is 12.6. The second-order valence-electron chi connectivity index (χ2n) is 8.52. The topological polar surface area (TPSA) is 90.7 Å². The Bertz CT molecular complexity index is 1070. The highest BCUT2D eigenvalue weighted by Gasteiger charge is 2.19. The molecule has 0 spiro atoms. The van der Waals surface area contributed by atoms with Gasteiger partial charge in [-0.1, -0.05) is 60.7 Å². The van der Waals surface area contributed by atoms with Crippen LogP contribution in [0.4, 0.5) is 16.2 Å². The lowest BCUT2D eigenvalue weighted by atomic mass is 10.0. The number of nitrogens with two attached hydrogens (primary N) is 1. The lowest BCUT2D eigenvalue weighted by Gasteiger charge is -2.36. The van der Waals surface area contributed by atoms with Crippen LogP contribution in [0, 0.1) is 0 Å². The largest absolute Gasteiger partial charge is 0.369 e. The third kappa shape index (κ3) is 6.59. The summed E-state index contributed by atoms with van der Waals surface area (Å²) in [5.74, 6) is -0.190. The number of nitrogens with zero attached hydrogens (tertiary/aromatic N) is 2. The highest BCUT2D eigenvalue weighted by Crippen LogP contribution is 2.22. The van der Waals surface area contributed by atoms with Crippen molar-refractivity contribution in [3.05, 3.63) is 96.1 Å². The van der Waals surface area contributed by atoms with Crippen LogP contribution in [0.15, 0.2) is 84.9 Å². The number of piperazine rings is 1. The van der Waals surface area contributed by atoms with Gasteiger partial charge in [0.05, 0.1) is 12.5 Å². The summed E-state index contributed by atoms with van der Waals surface area (Å²) in [5, 5.41) is 5.57. The number of hydrogen-bond acceptors (Lipinski definition) is 4. The van der Waals surface area contributed by atoms with E-state index in [1.165, 1.54) is 5.56 Å². The predicted molar refractivity (Wildman–Crippen MR) is 136 cm³/mol. The quantitative estimate of drug-likeness (QED) is 0.481. The zero-order valence-corrected chi connectivity index (χ0v) is 19.2. The molecule has 0 unspecified atom stereocenters. The molecule has 1 saturated heterocycles. The van der Waals surface area contributed by atoms with E-state index in [1.807, 2.05) is 60.7 Å². The number of anilines is 2. The Labute approximate surface area is 200 Å². The van der Waals surface area contributed by atoms with Crippen molar-refractivity contribution in [2.75, 3.05) is 36.4 Å². The van der Waals surface area contributed by atoms with Crippen LogP contribution in [0.2, 0.25) is 0 Å². The zero-order valence-electron chi connectivity index (χ0n) is 19.2. The fraction of sp³-hybridized carbons (Fsp3) is 0.259. The number of primary amides is 1. The molecular weight excluding hydrogens is 426 g/mol. The Morgan fingerprint density at radius 1 is 0.824 bits per heavy atom. The van der Waals surface area contributed by atoms with Gasteiger partial charge in [0, 0.05) is 44.1 Å². The number of carbonyl (C=O) groups is 2. The number of urea groups is 1. The molecule has 1 aliphatic heterocycles. The first-order chi connectivity index (χ1) is 16.6. The van der Waals surface area contributed by atoms with Crippen molar-refractivity contribution >= 4 is 23.3 Å². The smallest absolute Gasteiger partial charge is 0.312 e. The lowest BCUT2D eigenvalue weighted by Crippen LogP contribution is -2.45. The van der Waals surface area contributed by atoms with Gasteiger partial charge in [-0.3, -0.25) is 9.69 Å². The van der Waals surface area contributed by atoms with Crippen molar-refractivity contribution in [2.24, 2.45) is 5.73 Å². The monoisotopic (exact) mass is 457 g/mol. The van der Waals surface area contributed by atoms with E-state index in [1.54, 1.807) is 0 Å². The highest BCUT2D eigenvalue weighted by atomic mass is 16.2. The zero-order chi connectivity index (χ0) is 23.8. The van der Waals surface area contributed by atoms with Crippen molar-refractivity contribution in [3.63, 3.8) is 0 Å². The van der Waals surface area contributed by atoms with Crippen molar-refractivity contribution in [2.45, 2.75) is 19.0 Å². The summed E-state index contributed by atoms with van der Waals surface area (Å²) >= 11 is 0. The van der Waals surface area contributed by atoms with E-state index in [-0.39, 0.29) is 12.3 Å². The minimum Gasteiger partial charge on any atom is -0.369 e. The number of hydrogen-bond donors (Lipinski definition) is 3. The van der Waals surface area contributed by atoms with Crippen LogP contribution in [-0.4, -0.2) is 43.0 Å². The van der Waals surface area contributed by atoms with Crippen LogP contribution >= 0.6 is 0 Å². The highest BCUT2D eigenvalue weighted by molar-refractivity contribution is 5.91. The molecule has 0 aliphatic carbocycles. The van der Waals surface area contributed by atoms with Crippen LogP contribution in [0.25, 0.3) is 0 Å². The Kier molecular flexibility index (Phi) is 7.78. The first kappa shape index (κ1) is 23.3. The Morgan fingerprint density at radius 2 is 1.44 bits per heavy atom. The second kappa shape index (κ2) is 11.3. The van der Waals surface area contributed by atoms with E-state index >= 15 is 0 Å². The minimum atomic E-state index is -0.658. The summed E-state index contributed by atoms with van der Waals surface area (Å²) in [4.78, 5) is 28.9. The lowest BCUT2D eigenvalue weighted by molar-refractivity contribution is -0.116. The molecule has 0 saturated carbocycles. The molecule has 0 radical (unpaired) electrons. The van der Waals surface area contributed by atoms with E-state index < -0.39 is 12.1 Å². The fourth-order valence-corrected chi connectivity index (χ4v) is 4.27. The maximum Gasteiger partial charge on any atom is 0.312 e. The summed E-state index contributed by atoms with van der Waals surface area (Å²) < 4.78 is 0. The van der Waals surface area contributed by atoms with E-state index in [0.717, 1.165) is 49.7 Å². The van der Waals surface area contributed by atoms with Crippen molar-refractivity contribution in [1.29, 1.82) is 0 Å². The van der Waals surface area contributed by atoms with Gasteiger partial charge in [-0.2, -0.15) is 0 Å². The SMILES string of the molecule is NC(=O)N[C@@H](CC(=O)Nc1ccc(N2CCN(Cc3ccccc3)CC2)cc1)c1ccccc1. The Hall–Kier alpha value is -3.84. The molecule has 176 valence electrons. The average molecular weight is 458 g/mol. The third-order valence-corrected chi connectivity index (χ3v) is 6.05. The molecule has 1 fully saturated rings. The molecule has 0 bridgehead atoms. The molecule has 3 aromatic carbocycles. The van der Waals surface area contributed by atoms with Gasteiger partial charge < -0.3 is 21.3 Å². The van der Waals surface area contributed by atoms with Gasteiger partial charge in [0.15, 0.2) is 0 Å². The van der Waals surface area contributed by atoms with E-state index in [9.17, 15) is 9.59 Å². The molecule has 1 heterocycles. The van der Waals surface area contributed by atoms with E-state index in [4.69, 9.17) is 5.73 Å². The van der Waals surface area contributed by atoms with Gasteiger partial charge in [-0.15, -0.1) is 0 Å². The third-order valence-electron chi connectivity index (χ3n) is 6.05. The average Bonchev–Trinajstić information content (AvgIpc) is 2.85. The fourth-order valence-electron chi connectivity index (χ4n) is 4.27. The van der Waals surface area contributed by atoms with Crippen molar-refractivity contribution in [1.82, 2.24) is 10.2 Å². The molecule has 4 rings (SSSR count). The normalized spacial score (nSPS) is 14.9. The first-order valence-corrected chi connectivity index (χ1v) is 11.6. The van der Waals surface area contributed by atoms with Gasteiger partial charge >= 0.3 is 6.03 Å². The van der Waals surface area contributed by atoms with Crippen LogP contribution < -0.4 is 21.3 Å². The number of carbonyl (C=O) groups excluding carboxylic acids is 2. The minimum absolute atomic E-state index is 0.0953. The van der Waals surface area contributed by atoms with Gasteiger partial charge in [0.1, 0.15) is 0 Å². The molecule has 1 aliphatic rings. The van der Waals surface area contributed by atoms with Gasteiger partial charge in [-0.05, 0) is 35.4 Å². The Morgan fingerprint density at radius 3 is 2.06 bits per heavy atom. The predicted octanol–water partition coefficient (Wildman–Crippen LogP) is 3.75. The summed E-state index contributed by atoms with van der Waals surface area (Å²) in [6.45, 7) is 4.95. The number of nitrogens with one attached hydrogen (secondary N) is 2. The van der Waals surface area contributed by atoms with Crippen molar-refractivity contribution < 1.29 is 9.59 Å². The number of rotatable bonds is 8. The molecule has 3 aromatic rings. The molecule has 1 atom stereocenters. The van der Waals surface area contributed by atoms with Crippen molar-refractivity contribution in [3.8, 4) is 0 Å². The molecule has 0 aromatic heterocycles. The van der Waals surface area contributed by atoms with Crippen LogP contribution in [0.3, 0.4) is 0 Å². The van der Waals surface area contributed by atoms with Crippen LogP contribution in [0.5, 0.6) is 0 Å². The van der Waals surface area contributed by atoms with E-state index in [0.29, 0.717) is 0 Å². The summed E-state index contributed by atoms with van der Waals surface area (Å²) in [6, 6.07) is 26.7. The molecule has 7 nitrogen and oxygen atoms in total. The van der Waals surface area contributed by atoms with Gasteiger partial charge in [-0.25, -0.2) is 4.79 Å². The summed E-state index contributed by atoms with van der Waals surface area (Å²) in [6.07, 6.45) is 0.0953. The Balaban J connectivity index is 1.28. The molecular formula is C27H31N5O2. The molecule has 7 heteroatoms. The molecule has 34 heavy (non-hydrogen) atoms. The van der Waals surface area contributed by atoms with Gasteiger partial charge in [0.2, 0.25) is 5.91 Å². The first-order valence-electron chi connectivity index (χ1n) is 11.6. The van der Waals surface area contributed by atoms with Gasteiger partial charge in [0.25, 0.3) is 0 Å². The standard InChI is InChI=1S/C27H31N5O2/c28-27(34)30-25(22-9-5-2-6-10-22)19-26(33)29-23-11-13-24(14-12-23)32-17-15-31(16-18-32)20-21-7-3-1-4-8-21/h1-14,25H,15-20H2,(H,29,33)(H3,28,30,34)/t25-/m0/s1. The number of benzene rings is 3. The van der Waals surface area contributed by atoms with Crippen LogP contribution in [0.1, 0.15) is 23.6 Å². The van der Waals surface area contributed by atoms with Crippen LogP contribution in [-0.2, 0) is 11.3 Å². The van der Waals surface area contributed by atoms with E-state index in [2.05, 4.69) is 44.7 Å². The summed E-state index contributed by atoms with van der Waals surface area (Å²) in [7, 11) is 0.